The molecule has 0 aliphatic carbocycles. The molecule has 0 fully saturated rings. The van der Waals surface area contributed by atoms with Gasteiger partial charge in [-0.3, -0.25) is 0 Å². The topological polar surface area (TPSA) is 30.7 Å². The summed E-state index contributed by atoms with van der Waals surface area (Å²) < 4.78 is 29.6. The van der Waals surface area contributed by atoms with Crippen LogP contribution in [0.4, 0.5) is 8.78 Å². The first-order valence-electron chi connectivity index (χ1n) is 7.23. The number of halogens is 3. The van der Waals surface area contributed by atoms with Crippen molar-refractivity contribution in [3.05, 3.63) is 64.7 Å². The van der Waals surface area contributed by atoms with E-state index in [0.717, 1.165) is 5.56 Å². The molecular weight excluding hydrogens is 352 g/mol. The molecule has 124 valence electrons. The van der Waals surface area contributed by atoms with Gasteiger partial charge in [-0.15, -0.1) is 10.2 Å². The average molecular weight is 366 g/mol. The molecule has 1 unspecified atom stereocenters. The molecule has 2 aromatic carbocycles. The Morgan fingerprint density at radius 3 is 2.29 bits per heavy atom. The van der Waals surface area contributed by atoms with E-state index in [-0.39, 0.29) is 5.56 Å². The Morgan fingerprint density at radius 1 is 1.04 bits per heavy atom. The Bertz CT molecular complexity index is 845. The van der Waals surface area contributed by atoms with Crippen LogP contribution in [0.15, 0.2) is 47.6 Å². The summed E-state index contributed by atoms with van der Waals surface area (Å²) >= 11 is 7.15. The molecule has 1 heterocycles. The number of hydrogen-bond donors (Lipinski definition) is 0. The minimum absolute atomic E-state index is 0.0403. The van der Waals surface area contributed by atoms with E-state index < -0.39 is 16.9 Å². The minimum Gasteiger partial charge on any atom is -0.305 e. The zero-order valence-electron chi connectivity index (χ0n) is 13.0. The quantitative estimate of drug-likeness (QED) is 0.590. The lowest BCUT2D eigenvalue weighted by Crippen LogP contribution is -2.01. The maximum atomic E-state index is 13.9. The molecule has 1 aromatic heterocycles. The molecule has 3 nitrogen and oxygen atoms in total. The summed E-state index contributed by atoms with van der Waals surface area (Å²) in [6, 6.07) is 11.1. The number of aromatic nitrogens is 3. The third kappa shape index (κ3) is 3.30. The molecule has 0 bridgehead atoms. The summed E-state index contributed by atoms with van der Waals surface area (Å²) in [5, 5.41) is 9.09. The van der Waals surface area contributed by atoms with Gasteiger partial charge < -0.3 is 4.57 Å². The summed E-state index contributed by atoms with van der Waals surface area (Å²) in [5.74, 6) is -0.458. The molecule has 3 rings (SSSR count). The zero-order valence-corrected chi connectivity index (χ0v) is 14.6. The van der Waals surface area contributed by atoms with E-state index in [2.05, 4.69) is 10.2 Å². The molecule has 1 atom stereocenters. The van der Waals surface area contributed by atoms with Gasteiger partial charge in [-0.1, -0.05) is 29.4 Å². The lowest BCUT2D eigenvalue weighted by molar-refractivity contribution is 0.557. The first-order chi connectivity index (χ1) is 11.5. The van der Waals surface area contributed by atoms with Crippen LogP contribution in [0, 0.1) is 11.6 Å². The summed E-state index contributed by atoms with van der Waals surface area (Å²) in [4.78, 5) is 0. The molecule has 3 aromatic rings. The van der Waals surface area contributed by atoms with Crippen molar-refractivity contribution in [2.75, 3.05) is 0 Å². The zero-order chi connectivity index (χ0) is 17.3. The van der Waals surface area contributed by atoms with Crippen LogP contribution in [0.1, 0.15) is 17.7 Å². The van der Waals surface area contributed by atoms with Crippen LogP contribution >= 0.6 is 23.4 Å². The molecule has 7 heteroatoms. The molecule has 0 saturated heterocycles. The van der Waals surface area contributed by atoms with Crippen molar-refractivity contribution >= 4 is 23.4 Å². The molecule has 0 radical (unpaired) electrons. The van der Waals surface area contributed by atoms with Gasteiger partial charge in [0.25, 0.3) is 0 Å². The van der Waals surface area contributed by atoms with Crippen molar-refractivity contribution in [3.63, 3.8) is 0 Å². The van der Waals surface area contributed by atoms with E-state index in [1.807, 2.05) is 19.2 Å². The van der Waals surface area contributed by atoms with Gasteiger partial charge in [-0.2, -0.15) is 0 Å². The van der Waals surface area contributed by atoms with E-state index in [1.165, 1.54) is 30.0 Å². The van der Waals surface area contributed by atoms with Gasteiger partial charge >= 0.3 is 0 Å². The lowest BCUT2D eigenvalue weighted by Gasteiger charge is -2.13. The highest BCUT2D eigenvalue weighted by atomic mass is 35.5. The number of rotatable bonds is 4. The predicted molar refractivity (Wildman–Crippen MR) is 92.1 cm³/mol. The van der Waals surface area contributed by atoms with E-state index >= 15 is 0 Å². The third-order valence-corrected chi connectivity index (χ3v) is 5.03. The van der Waals surface area contributed by atoms with Crippen LogP contribution in [0.25, 0.3) is 11.4 Å². The fraction of sp³-hybridized carbons (Fsp3) is 0.176. The summed E-state index contributed by atoms with van der Waals surface area (Å²) in [5.41, 5.74) is 0.907. The Labute approximate surface area is 147 Å². The molecule has 0 N–H and O–H groups in total. The van der Waals surface area contributed by atoms with Crippen LogP contribution in [0.2, 0.25) is 5.02 Å². The van der Waals surface area contributed by atoms with Gasteiger partial charge in [0.05, 0.1) is 0 Å². The van der Waals surface area contributed by atoms with Crippen molar-refractivity contribution < 1.29 is 8.78 Å². The van der Waals surface area contributed by atoms with Gasteiger partial charge in [0.15, 0.2) is 11.0 Å². The van der Waals surface area contributed by atoms with Crippen molar-refractivity contribution in [1.29, 1.82) is 0 Å². The number of benzene rings is 2. The SMILES string of the molecule is CC(Sc1nnc(-c2ccc(Cl)cc2)n1C)c1c(F)cccc1F. The fourth-order valence-electron chi connectivity index (χ4n) is 2.38. The molecule has 0 amide bonds. The molecular formula is C17H14ClF2N3S. The molecule has 24 heavy (non-hydrogen) atoms. The summed E-state index contributed by atoms with van der Waals surface area (Å²) in [7, 11) is 1.82. The molecule has 0 aliphatic rings. The lowest BCUT2D eigenvalue weighted by atomic mass is 10.1. The van der Waals surface area contributed by atoms with Crippen molar-refractivity contribution in [3.8, 4) is 11.4 Å². The van der Waals surface area contributed by atoms with Gasteiger partial charge in [-0.25, -0.2) is 8.78 Å². The Kier molecular flexibility index (Phi) is 4.87. The number of nitrogens with zero attached hydrogens (tertiary/aromatic N) is 3. The van der Waals surface area contributed by atoms with Crippen LogP contribution in [0.5, 0.6) is 0 Å². The maximum Gasteiger partial charge on any atom is 0.191 e. The summed E-state index contributed by atoms with van der Waals surface area (Å²) in [6.07, 6.45) is 0. The predicted octanol–water partition coefficient (Wildman–Crippen LogP) is 5.27. The Hall–Kier alpha value is -1.92. The van der Waals surface area contributed by atoms with Crippen LogP contribution in [-0.2, 0) is 7.05 Å². The minimum atomic E-state index is -0.560. The third-order valence-electron chi connectivity index (χ3n) is 3.63. The van der Waals surface area contributed by atoms with Crippen molar-refractivity contribution in [2.45, 2.75) is 17.3 Å². The van der Waals surface area contributed by atoms with E-state index in [9.17, 15) is 8.78 Å². The number of thioether (sulfide) groups is 1. The number of hydrogen-bond acceptors (Lipinski definition) is 3. The first-order valence-corrected chi connectivity index (χ1v) is 8.49. The van der Waals surface area contributed by atoms with E-state index in [1.54, 1.807) is 23.6 Å². The highest BCUT2D eigenvalue weighted by Gasteiger charge is 2.20. The normalized spacial score (nSPS) is 12.4. The largest absolute Gasteiger partial charge is 0.305 e. The van der Waals surface area contributed by atoms with Crippen LogP contribution in [0.3, 0.4) is 0 Å². The second kappa shape index (κ2) is 6.91. The second-order valence-electron chi connectivity index (χ2n) is 5.27. The standard InChI is InChI=1S/C17H14ClF2N3S/c1-10(15-13(19)4-3-5-14(15)20)24-17-22-21-16(23(17)2)11-6-8-12(18)9-7-11/h3-10H,1-2H3. The Morgan fingerprint density at radius 2 is 1.67 bits per heavy atom. The molecule has 0 saturated carbocycles. The monoisotopic (exact) mass is 365 g/mol. The van der Waals surface area contributed by atoms with Crippen molar-refractivity contribution in [2.24, 2.45) is 7.05 Å². The average Bonchev–Trinajstić information content (AvgIpc) is 2.89. The molecule has 0 spiro atoms. The van der Waals surface area contributed by atoms with Gasteiger partial charge in [0.1, 0.15) is 11.6 Å². The smallest absolute Gasteiger partial charge is 0.191 e. The van der Waals surface area contributed by atoms with Crippen LogP contribution in [-0.4, -0.2) is 14.8 Å². The second-order valence-corrected chi connectivity index (χ2v) is 7.01. The maximum absolute atomic E-state index is 13.9. The van der Waals surface area contributed by atoms with Crippen LogP contribution < -0.4 is 0 Å². The molecule has 0 aliphatic heterocycles. The van der Waals surface area contributed by atoms with E-state index in [0.29, 0.717) is 16.0 Å². The Balaban J connectivity index is 1.88. The van der Waals surface area contributed by atoms with Gasteiger partial charge in [0, 0.05) is 28.4 Å². The summed E-state index contributed by atoms with van der Waals surface area (Å²) in [6.45, 7) is 1.74. The van der Waals surface area contributed by atoms with Gasteiger partial charge in [0.2, 0.25) is 0 Å². The van der Waals surface area contributed by atoms with E-state index in [4.69, 9.17) is 11.6 Å². The fourth-order valence-corrected chi connectivity index (χ4v) is 3.50. The van der Waals surface area contributed by atoms with Crippen molar-refractivity contribution in [1.82, 2.24) is 14.8 Å². The van der Waals surface area contributed by atoms with Gasteiger partial charge in [-0.05, 0) is 43.3 Å². The highest BCUT2D eigenvalue weighted by Crippen LogP contribution is 2.37. The first kappa shape index (κ1) is 16.9. The highest BCUT2D eigenvalue weighted by molar-refractivity contribution is 7.99.